The Hall–Kier alpha value is -2.79. The number of carbonyl (C=O) groups excluding carboxylic acids is 5. The molecule has 3 fully saturated rings. The molecule has 11 heteroatoms. The predicted octanol–water partition coefficient (Wildman–Crippen LogP) is 3.86. The lowest BCUT2D eigenvalue weighted by atomic mass is 9.93. The Labute approximate surface area is 275 Å². The van der Waals surface area contributed by atoms with E-state index in [0.717, 1.165) is 57.8 Å². The van der Waals surface area contributed by atoms with Crippen LogP contribution in [0.25, 0.3) is 0 Å². The molecule has 2 saturated heterocycles. The molecule has 2 heterocycles. The van der Waals surface area contributed by atoms with Crippen molar-refractivity contribution in [2.75, 3.05) is 26.4 Å². The van der Waals surface area contributed by atoms with Crippen LogP contribution in [-0.2, 0) is 23.9 Å². The number of Topliss-reactive ketones (excluding diaryl/α,β-unsaturated/α-hetero) is 2. The topological polar surface area (TPSA) is 146 Å². The zero-order valence-electron chi connectivity index (χ0n) is 28.6. The van der Waals surface area contributed by atoms with E-state index in [1.165, 1.54) is 0 Å². The molecule has 46 heavy (non-hydrogen) atoms. The van der Waals surface area contributed by atoms with Gasteiger partial charge in [-0.1, -0.05) is 78.7 Å². The van der Waals surface area contributed by atoms with Crippen molar-refractivity contribution in [3.05, 3.63) is 12.7 Å². The van der Waals surface area contributed by atoms with Gasteiger partial charge in [0, 0.05) is 19.0 Å². The number of ether oxygens (including phenoxy) is 1. The minimum absolute atomic E-state index is 0.00463. The van der Waals surface area contributed by atoms with Crippen LogP contribution in [0.3, 0.4) is 0 Å². The number of hydrogen-bond acceptors (Lipinski definition) is 7. The number of carbonyl (C=O) groups is 5. The van der Waals surface area contributed by atoms with Gasteiger partial charge >= 0.3 is 6.03 Å². The first-order valence-electron chi connectivity index (χ1n) is 17.7. The lowest BCUT2D eigenvalue weighted by Gasteiger charge is -2.31. The molecule has 3 aliphatic rings. The van der Waals surface area contributed by atoms with Crippen LogP contribution in [0.2, 0.25) is 0 Å². The third-order valence-corrected chi connectivity index (χ3v) is 9.63. The number of rotatable bonds is 13. The quantitative estimate of drug-likeness (QED) is 0.135. The molecule has 0 radical (unpaired) electrons. The number of nitrogens with zero attached hydrogens (tertiary/aromatic N) is 1. The maximum absolute atomic E-state index is 14.2. The minimum atomic E-state index is -0.827. The first-order chi connectivity index (χ1) is 22.0. The lowest BCUT2D eigenvalue weighted by Crippen LogP contribution is -2.58. The predicted molar refractivity (Wildman–Crippen MR) is 178 cm³/mol. The SMILES string of the molecule is C=CCNCOCC(=O)[C@@H]1CCCCCCCCC[C@H](NC(=O)N[C@H](C(=O)C2CC2)C(C)C)C(=O)N2C[C@H](C(C)C)C[C@H]2C(=O)N1. The summed E-state index contributed by atoms with van der Waals surface area (Å²) < 4.78 is 5.51. The highest BCUT2D eigenvalue weighted by Gasteiger charge is 2.44. The van der Waals surface area contributed by atoms with E-state index >= 15 is 0 Å². The second kappa shape index (κ2) is 19.1. The van der Waals surface area contributed by atoms with E-state index in [1.54, 1.807) is 11.0 Å². The molecule has 1 aliphatic carbocycles. The molecule has 2 aliphatic heterocycles. The van der Waals surface area contributed by atoms with Gasteiger partial charge < -0.3 is 25.6 Å². The van der Waals surface area contributed by atoms with Gasteiger partial charge in [-0.25, -0.2) is 4.79 Å². The normalized spacial score (nSPS) is 25.9. The van der Waals surface area contributed by atoms with Crippen LogP contribution in [0.5, 0.6) is 0 Å². The van der Waals surface area contributed by atoms with E-state index in [2.05, 4.69) is 41.7 Å². The summed E-state index contributed by atoms with van der Waals surface area (Å²) in [6, 6.07) is -3.42. The first-order valence-corrected chi connectivity index (χ1v) is 17.7. The molecule has 0 aromatic heterocycles. The Balaban J connectivity index is 1.78. The molecule has 4 N–H and O–H groups in total. The van der Waals surface area contributed by atoms with Crippen LogP contribution in [0, 0.1) is 23.7 Å². The van der Waals surface area contributed by atoms with E-state index in [4.69, 9.17) is 4.74 Å². The van der Waals surface area contributed by atoms with Gasteiger partial charge in [0.05, 0.1) is 18.8 Å². The number of amides is 4. The molecule has 0 aromatic carbocycles. The van der Waals surface area contributed by atoms with Crippen LogP contribution >= 0.6 is 0 Å². The Morgan fingerprint density at radius 1 is 0.978 bits per heavy atom. The minimum Gasteiger partial charge on any atom is -0.358 e. The summed E-state index contributed by atoms with van der Waals surface area (Å²) in [5.74, 6) is -0.503. The Bertz CT molecular complexity index is 1040. The van der Waals surface area contributed by atoms with Crippen molar-refractivity contribution < 1.29 is 28.7 Å². The molecule has 11 nitrogen and oxygen atoms in total. The van der Waals surface area contributed by atoms with Crippen LogP contribution < -0.4 is 21.3 Å². The number of urea groups is 1. The average Bonchev–Trinajstić information content (AvgIpc) is 3.77. The van der Waals surface area contributed by atoms with Crippen LogP contribution in [0.1, 0.15) is 105 Å². The van der Waals surface area contributed by atoms with E-state index in [-0.39, 0.29) is 60.4 Å². The summed E-state index contributed by atoms with van der Waals surface area (Å²) in [5.41, 5.74) is 0. The Morgan fingerprint density at radius 3 is 2.24 bits per heavy atom. The fourth-order valence-corrected chi connectivity index (χ4v) is 6.48. The fourth-order valence-electron chi connectivity index (χ4n) is 6.48. The Morgan fingerprint density at radius 2 is 1.63 bits per heavy atom. The lowest BCUT2D eigenvalue weighted by molar-refractivity contribution is -0.141. The number of ketones is 2. The van der Waals surface area contributed by atoms with Crippen molar-refractivity contribution in [1.29, 1.82) is 0 Å². The zero-order chi connectivity index (χ0) is 33.6. The number of hydrogen-bond donors (Lipinski definition) is 4. The fraction of sp³-hybridized carbons (Fsp3) is 0.800. The molecule has 5 atom stereocenters. The molecule has 4 amide bonds. The molecule has 260 valence electrons. The molecule has 0 aromatic rings. The van der Waals surface area contributed by atoms with E-state index in [0.29, 0.717) is 32.4 Å². The summed E-state index contributed by atoms with van der Waals surface area (Å²) in [4.78, 5) is 69.1. The molecule has 0 spiro atoms. The Kier molecular flexibility index (Phi) is 15.7. The van der Waals surface area contributed by atoms with Crippen LogP contribution in [-0.4, -0.2) is 84.9 Å². The first kappa shape index (κ1) is 37.7. The number of nitrogens with one attached hydrogen (secondary N) is 4. The smallest absolute Gasteiger partial charge is 0.316 e. The van der Waals surface area contributed by atoms with Crippen molar-refractivity contribution in [3.8, 4) is 0 Å². The van der Waals surface area contributed by atoms with Gasteiger partial charge in [0.25, 0.3) is 0 Å². The van der Waals surface area contributed by atoms with Gasteiger partial charge in [-0.2, -0.15) is 0 Å². The van der Waals surface area contributed by atoms with Crippen molar-refractivity contribution in [2.24, 2.45) is 23.7 Å². The van der Waals surface area contributed by atoms with Gasteiger partial charge in [-0.15, -0.1) is 6.58 Å². The highest BCUT2D eigenvalue weighted by Crippen LogP contribution is 2.32. The van der Waals surface area contributed by atoms with Crippen molar-refractivity contribution in [3.63, 3.8) is 0 Å². The molecule has 1 saturated carbocycles. The monoisotopic (exact) mass is 645 g/mol. The summed E-state index contributed by atoms with van der Waals surface area (Å²) in [7, 11) is 0. The summed E-state index contributed by atoms with van der Waals surface area (Å²) >= 11 is 0. The van der Waals surface area contributed by atoms with Crippen molar-refractivity contribution in [1.82, 2.24) is 26.2 Å². The molecular weight excluding hydrogens is 586 g/mol. The summed E-state index contributed by atoms with van der Waals surface area (Å²) in [5, 5.41) is 11.8. The summed E-state index contributed by atoms with van der Waals surface area (Å²) in [6.45, 7) is 12.7. The molecule has 3 rings (SSSR count). The molecular formula is C35H59N5O6. The molecule has 0 bridgehead atoms. The van der Waals surface area contributed by atoms with Gasteiger partial charge in [0.2, 0.25) is 11.8 Å². The standard InChI is InChI=1S/C35H59N5O6/c1-6-18-36-22-46-21-30(41)27-14-12-10-8-7-9-11-13-15-28(38-35(45)39-31(24(4)5)32(42)25-16-17-25)34(44)40-20-26(23(2)3)19-29(40)33(43)37-27/h6,23-29,31,36H,1,7-22H2,2-5H3,(H,37,43)(H2,38,39,45)/t26-,27+,28+,29+,31+/m1/s1. The van der Waals surface area contributed by atoms with E-state index in [9.17, 15) is 24.0 Å². The maximum Gasteiger partial charge on any atom is 0.316 e. The second-order valence-electron chi connectivity index (χ2n) is 14.1. The van der Waals surface area contributed by atoms with Crippen molar-refractivity contribution >= 4 is 29.4 Å². The molecule has 0 unspecified atom stereocenters. The van der Waals surface area contributed by atoms with Gasteiger partial charge in [0.1, 0.15) is 18.7 Å². The highest BCUT2D eigenvalue weighted by molar-refractivity contribution is 5.96. The summed E-state index contributed by atoms with van der Waals surface area (Å²) in [6.07, 6.45) is 11.4. The van der Waals surface area contributed by atoms with E-state index in [1.807, 2.05) is 13.8 Å². The largest absolute Gasteiger partial charge is 0.358 e. The highest BCUT2D eigenvalue weighted by atomic mass is 16.5. The van der Waals surface area contributed by atoms with Gasteiger partial charge in [-0.05, 0) is 49.9 Å². The number of fused-ring (bicyclic) bond motifs is 1. The van der Waals surface area contributed by atoms with Crippen LogP contribution in [0.15, 0.2) is 12.7 Å². The third kappa shape index (κ3) is 11.8. The zero-order valence-corrected chi connectivity index (χ0v) is 28.6. The average molecular weight is 646 g/mol. The maximum atomic E-state index is 14.2. The van der Waals surface area contributed by atoms with Crippen molar-refractivity contribution in [2.45, 2.75) is 129 Å². The third-order valence-electron chi connectivity index (χ3n) is 9.63. The van der Waals surface area contributed by atoms with Gasteiger partial charge in [0.15, 0.2) is 11.6 Å². The van der Waals surface area contributed by atoms with Gasteiger partial charge in [-0.3, -0.25) is 24.5 Å². The second-order valence-corrected chi connectivity index (χ2v) is 14.1. The van der Waals surface area contributed by atoms with Crippen LogP contribution in [0.4, 0.5) is 4.79 Å². The van der Waals surface area contributed by atoms with E-state index < -0.39 is 30.2 Å².